The Kier molecular flexibility index (Phi) is 7.91. The zero-order valence-electron chi connectivity index (χ0n) is 12.6. The second-order valence-corrected chi connectivity index (χ2v) is 5.51. The molecule has 2 rings (SSSR count). The van der Waals surface area contributed by atoms with Gasteiger partial charge in [-0.15, -0.1) is 12.4 Å². The average Bonchev–Trinajstić information content (AvgIpc) is 2.53. The van der Waals surface area contributed by atoms with Crippen LogP contribution in [0.25, 0.3) is 0 Å². The van der Waals surface area contributed by atoms with E-state index in [0.29, 0.717) is 0 Å². The van der Waals surface area contributed by atoms with Gasteiger partial charge in [-0.2, -0.15) is 0 Å². The number of hydrogen-bond acceptors (Lipinski definition) is 3. The molecule has 4 N–H and O–H groups in total. The van der Waals surface area contributed by atoms with Crippen molar-refractivity contribution in [1.29, 1.82) is 0 Å². The molecule has 1 atom stereocenters. The number of benzene rings is 1. The maximum Gasteiger partial charge on any atom is 0.241 e. The lowest BCUT2D eigenvalue weighted by Crippen LogP contribution is -2.44. The van der Waals surface area contributed by atoms with Gasteiger partial charge in [-0.25, -0.2) is 0 Å². The number of halogens is 1. The molecule has 1 aromatic rings. The van der Waals surface area contributed by atoms with Crippen LogP contribution in [0.3, 0.4) is 0 Å². The van der Waals surface area contributed by atoms with Gasteiger partial charge in [0.1, 0.15) is 6.04 Å². The molecule has 0 aromatic heterocycles. The van der Waals surface area contributed by atoms with Crippen LogP contribution in [0.4, 0.5) is 0 Å². The number of carbonyl (C=O) groups excluding carboxylic acids is 2. The van der Waals surface area contributed by atoms with Gasteiger partial charge in [0.05, 0.1) is 6.54 Å². The topological polar surface area (TPSA) is 84.2 Å². The molecule has 5 nitrogen and oxygen atoms in total. The molecule has 2 amide bonds. The van der Waals surface area contributed by atoms with Crippen molar-refractivity contribution < 1.29 is 9.59 Å². The van der Waals surface area contributed by atoms with E-state index in [0.717, 1.165) is 31.2 Å². The van der Waals surface area contributed by atoms with E-state index in [4.69, 9.17) is 5.73 Å². The Morgan fingerprint density at radius 1 is 1.14 bits per heavy atom. The maximum absolute atomic E-state index is 11.9. The van der Waals surface area contributed by atoms with Crippen LogP contribution < -0.4 is 16.4 Å². The molecule has 0 saturated heterocycles. The quantitative estimate of drug-likeness (QED) is 0.770. The molecular weight excluding hydrogens is 302 g/mol. The van der Waals surface area contributed by atoms with E-state index in [2.05, 4.69) is 10.6 Å². The van der Waals surface area contributed by atoms with Crippen molar-refractivity contribution in [3.05, 3.63) is 35.9 Å². The fourth-order valence-electron chi connectivity index (χ4n) is 2.61. The third-order valence-corrected chi connectivity index (χ3v) is 3.83. The highest BCUT2D eigenvalue weighted by Crippen LogP contribution is 2.17. The summed E-state index contributed by atoms with van der Waals surface area (Å²) in [6.45, 7) is -0.0180. The summed E-state index contributed by atoms with van der Waals surface area (Å²) >= 11 is 0. The molecule has 0 aliphatic heterocycles. The zero-order chi connectivity index (χ0) is 15.1. The summed E-state index contributed by atoms with van der Waals surface area (Å²) in [4.78, 5) is 23.7. The highest BCUT2D eigenvalue weighted by Gasteiger charge is 2.18. The lowest BCUT2D eigenvalue weighted by Gasteiger charge is -2.23. The standard InChI is InChI=1S/C16H23N3O2.ClH/c17-15(12-7-3-1-4-8-12)16(21)18-11-14(20)19-13-9-5-2-6-10-13;/h1,3-4,7-8,13,15H,2,5-6,9-11,17H2,(H,18,21)(H,19,20);1H. The van der Waals surface area contributed by atoms with Crippen LogP contribution in [-0.2, 0) is 9.59 Å². The van der Waals surface area contributed by atoms with Crippen LogP contribution in [0.5, 0.6) is 0 Å². The van der Waals surface area contributed by atoms with Gasteiger partial charge < -0.3 is 16.4 Å². The lowest BCUT2D eigenvalue weighted by molar-refractivity contribution is -0.127. The number of nitrogens with two attached hydrogens (primary N) is 1. The number of carbonyl (C=O) groups is 2. The highest BCUT2D eigenvalue weighted by molar-refractivity contribution is 5.88. The minimum absolute atomic E-state index is 0. The first-order chi connectivity index (χ1) is 10.2. The molecule has 1 aliphatic rings. The largest absolute Gasteiger partial charge is 0.352 e. The summed E-state index contributed by atoms with van der Waals surface area (Å²) in [5, 5.41) is 5.55. The molecule has 1 aliphatic carbocycles. The molecule has 22 heavy (non-hydrogen) atoms. The van der Waals surface area contributed by atoms with E-state index in [1.165, 1.54) is 6.42 Å². The molecule has 0 spiro atoms. The van der Waals surface area contributed by atoms with E-state index in [9.17, 15) is 9.59 Å². The number of nitrogens with one attached hydrogen (secondary N) is 2. The number of rotatable bonds is 5. The van der Waals surface area contributed by atoms with Gasteiger partial charge in [0, 0.05) is 6.04 Å². The Bertz CT molecular complexity index is 476. The van der Waals surface area contributed by atoms with Crippen LogP contribution in [0, 0.1) is 0 Å². The Labute approximate surface area is 137 Å². The summed E-state index contributed by atoms with van der Waals surface area (Å²) in [7, 11) is 0. The molecule has 0 radical (unpaired) electrons. The molecule has 0 heterocycles. The Morgan fingerprint density at radius 2 is 1.77 bits per heavy atom. The predicted octanol–water partition coefficient (Wildman–Crippen LogP) is 1.67. The molecule has 1 saturated carbocycles. The van der Waals surface area contributed by atoms with Crippen molar-refractivity contribution in [3.63, 3.8) is 0 Å². The van der Waals surface area contributed by atoms with Gasteiger partial charge in [0.15, 0.2) is 0 Å². The fraction of sp³-hybridized carbons (Fsp3) is 0.500. The van der Waals surface area contributed by atoms with Crippen LogP contribution in [0.2, 0.25) is 0 Å². The smallest absolute Gasteiger partial charge is 0.241 e. The monoisotopic (exact) mass is 325 g/mol. The molecule has 6 heteroatoms. The Balaban J connectivity index is 0.00000242. The van der Waals surface area contributed by atoms with Crippen LogP contribution >= 0.6 is 12.4 Å². The summed E-state index contributed by atoms with van der Waals surface area (Å²) in [5.41, 5.74) is 6.60. The predicted molar refractivity (Wildman–Crippen MR) is 88.6 cm³/mol. The number of hydrogen-bond donors (Lipinski definition) is 3. The molecule has 1 aromatic carbocycles. The van der Waals surface area contributed by atoms with Gasteiger partial charge in [-0.1, -0.05) is 49.6 Å². The van der Waals surface area contributed by atoms with E-state index in [1.807, 2.05) is 18.2 Å². The Morgan fingerprint density at radius 3 is 2.41 bits per heavy atom. The molecule has 122 valence electrons. The van der Waals surface area contributed by atoms with Gasteiger partial charge in [-0.05, 0) is 18.4 Å². The van der Waals surface area contributed by atoms with Crippen molar-refractivity contribution in [3.8, 4) is 0 Å². The minimum atomic E-state index is -0.742. The van der Waals surface area contributed by atoms with Crippen molar-refractivity contribution in [1.82, 2.24) is 10.6 Å². The van der Waals surface area contributed by atoms with Crippen LogP contribution in [-0.4, -0.2) is 24.4 Å². The van der Waals surface area contributed by atoms with Gasteiger partial charge in [-0.3, -0.25) is 9.59 Å². The van der Waals surface area contributed by atoms with E-state index in [-0.39, 0.29) is 36.8 Å². The first kappa shape index (κ1) is 18.5. The van der Waals surface area contributed by atoms with E-state index in [1.54, 1.807) is 12.1 Å². The summed E-state index contributed by atoms with van der Waals surface area (Å²) < 4.78 is 0. The van der Waals surface area contributed by atoms with Crippen molar-refractivity contribution in [2.75, 3.05) is 6.54 Å². The van der Waals surface area contributed by atoms with Crippen molar-refractivity contribution >= 4 is 24.2 Å². The molecule has 1 fully saturated rings. The second kappa shape index (κ2) is 9.43. The highest BCUT2D eigenvalue weighted by atomic mass is 35.5. The zero-order valence-corrected chi connectivity index (χ0v) is 13.4. The fourth-order valence-corrected chi connectivity index (χ4v) is 2.61. The van der Waals surface area contributed by atoms with Gasteiger partial charge in [0.25, 0.3) is 0 Å². The van der Waals surface area contributed by atoms with Crippen LogP contribution in [0.15, 0.2) is 30.3 Å². The van der Waals surface area contributed by atoms with E-state index < -0.39 is 6.04 Å². The normalized spacial score (nSPS) is 16.2. The third kappa shape index (κ3) is 5.66. The van der Waals surface area contributed by atoms with Crippen molar-refractivity contribution in [2.24, 2.45) is 5.73 Å². The average molecular weight is 326 g/mol. The van der Waals surface area contributed by atoms with Gasteiger partial charge >= 0.3 is 0 Å². The van der Waals surface area contributed by atoms with E-state index >= 15 is 0 Å². The molecule has 1 unspecified atom stereocenters. The lowest BCUT2D eigenvalue weighted by atomic mass is 9.95. The molecular formula is C16H24ClN3O2. The first-order valence-electron chi connectivity index (χ1n) is 7.54. The van der Waals surface area contributed by atoms with Gasteiger partial charge in [0.2, 0.25) is 11.8 Å². The third-order valence-electron chi connectivity index (χ3n) is 3.83. The Hall–Kier alpha value is -1.59. The minimum Gasteiger partial charge on any atom is -0.352 e. The second-order valence-electron chi connectivity index (χ2n) is 5.51. The summed E-state index contributed by atoms with van der Waals surface area (Å²) in [6, 6.07) is 8.64. The SMILES string of the molecule is Cl.NC(C(=O)NCC(=O)NC1CCCCC1)c1ccccc1. The van der Waals surface area contributed by atoms with Crippen LogP contribution in [0.1, 0.15) is 43.7 Å². The van der Waals surface area contributed by atoms with Crippen molar-refractivity contribution in [2.45, 2.75) is 44.2 Å². The first-order valence-corrected chi connectivity index (χ1v) is 7.54. The molecule has 0 bridgehead atoms. The summed E-state index contributed by atoms with van der Waals surface area (Å²) in [6.07, 6.45) is 5.63. The summed E-state index contributed by atoms with van der Waals surface area (Å²) in [5.74, 6) is -0.476. The maximum atomic E-state index is 11.9. The number of amides is 2.